The molecule has 0 aromatic carbocycles. The van der Waals surface area contributed by atoms with E-state index >= 15 is 0 Å². The van der Waals surface area contributed by atoms with Crippen molar-refractivity contribution in [2.45, 2.75) is 46.2 Å². The average molecular weight is 391 g/mol. The summed E-state index contributed by atoms with van der Waals surface area (Å²) < 4.78 is 4.09. The fourth-order valence-corrected chi connectivity index (χ4v) is 4.30. The van der Waals surface area contributed by atoms with Crippen LogP contribution in [-0.4, -0.2) is 16.3 Å². The lowest BCUT2D eigenvalue weighted by molar-refractivity contribution is 0.521. The summed E-state index contributed by atoms with van der Waals surface area (Å²) in [5, 5.41) is 8.23. The lowest BCUT2D eigenvalue weighted by Crippen LogP contribution is -2.23. The van der Waals surface area contributed by atoms with Crippen molar-refractivity contribution >= 4 is 38.9 Å². The van der Waals surface area contributed by atoms with Crippen molar-refractivity contribution in [2.75, 3.05) is 6.54 Å². The predicted molar refractivity (Wildman–Crippen MR) is 94.4 cm³/mol. The van der Waals surface area contributed by atoms with Gasteiger partial charge in [0.2, 0.25) is 0 Å². The van der Waals surface area contributed by atoms with Gasteiger partial charge in [-0.3, -0.25) is 4.68 Å². The van der Waals surface area contributed by atoms with E-state index in [2.05, 4.69) is 57.9 Å². The Hall–Kier alpha value is -0.360. The lowest BCUT2D eigenvalue weighted by atomic mass is 10.1. The molecule has 0 bridgehead atoms. The Bertz CT molecular complexity index is 594. The first-order chi connectivity index (χ1) is 10.1. The molecule has 1 N–H and O–H groups in total. The summed E-state index contributed by atoms with van der Waals surface area (Å²) in [6.45, 7) is 8.22. The Labute approximate surface area is 143 Å². The molecule has 0 fully saturated rings. The zero-order valence-electron chi connectivity index (χ0n) is 12.6. The van der Waals surface area contributed by atoms with E-state index < -0.39 is 0 Å². The number of thiophene rings is 1. The van der Waals surface area contributed by atoms with Crippen LogP contribution in [0.2, 0.25) is 4.34 Å². The molecule has 0 radical (unpaired) electrons. The second-order valence-corrected chi connectivity index (χ2v) is 7.37. The number of hydrogen-bond donors (Lipinski definition) is 1. The SMILES string of the molecule is CCNC(Cc1c(Br)c(CC)nn1CC)c1ccc(Cl)s1. The van der Waals surface area contributed by atoms with Crippen molar-refractivity contribution in [1.29, 1.82) is 0 Å². The van der Waals surface area contributed by atoms with E-state index in [4.69, 9.17) is 11.6 Å². The molecule has 2 rings (SSSR count). The Morgan fingerprint density at radius 3 is 2.67 bits per heavy atom. The average Bonchev–Trinajstić information content (AvgIpc) is 3.03. The van der Waals surface area contributed by atoms with Crippen LogP contribution in [0.1, 0.15) is 43.1 Å². The number of rotatable bonds is 7. The van der Waals surface area contributed by atoms with E-state index in [9.17, 15) is 0 Å². The number of aromatic nitrogens is 2. The molecule has 3 nitrogen and oxygen atoms in total. The van der Waals surface area contributed by atoms with Crippen LogP contribution in [0.4, 0.5) is 0 Å². The van der Waals surface area contributed by atoms with E-state index in [1.54, 1.807) is 11.3 Å². The highest BCUT2D eigenvalue weighted by Gasteiger charge is 2.20. The monoisotopic (exact) mass is 389 g/mol. The fraction of sp³-hybridized carbons (Fsp3) is 0.533. The van der Waals surface area contributed by atoms with Gasteiger partial charge in [0, 0.05) is 23.9 Å². The molecular weight excluding hydrogens is 370 g/mol. The van der Waals surface area contributed by atoms with Gasteiger partial charge in [0.25, 0.3) is 0 Å². The van der Waals surface area contributed by atoms with Crippen molar-refractivity contribution in [1.82, 2.24) is 15.1 Å². The molecule has 0 saturated carbocycles. The molecule has 6 heteroatoms. The van der Waals surface area contributed by atoms with Crippen molar-refractivity contribution in [3.63, 3.8) is 0 Å². The summed E-state index contributed by atoms with van der Waals surface area (Å²) in [6, 6.07) is 4.35. The maximum Gasteiger partial charge on any atom is 0.0931 e. The van der Waals surface area contributed by atoms with Gasteiger partial charge in [-0.1, -0.05) is 25.4 Å². The summed E-state index contributed by atoms with van der Waals surface area (Å²) in [4.78, 5) is 1.27. The van der Waals surface area contributed by atoms with E-state index in [-0.39, 0.29) is 6.04 Å². The van der Waals surface area contributed by atoms with Crippen LogP contribution in [0, 0.1) is 0 Å². The molecule has 0 aliphatic heterocycles. The molecule has 1 atom stereocenters. The van der Waals surface area contributed by atoms with Gasteiger partial charge in [-0.25, -0.2) is 0 Å². The zero-order valence-corrected chi connectivity index (χ0v) is 15.8. The first kappa shape index (κ1) is 17.0. The summed E-state index contributed by atoms with van der Waals surface area (Å²) in [6.07, 6.45) is 1.85. The van der Waals surface area contributed by atoms with Gasteiger partial charge in [0.1, 0.15) is 0 Å². The van der Waals surface area contributed by atoms with E-state index in [0.29, 0.717) is 0 Å². The lowest BCUT2D eigenvalue weighted by Gasteiger charge is -2.17. The molecule has 2 heterocycles. The number of nitrogens with zero attached hydrogens (tertiary/aromatic N) is 2. The summed E-state index contributed by atoms with van der Waals surface area (Å²) in [5.74, 6) is 0. The van der Waals surface area contributed by atoms with Gasteiger partial charge in [-0.15, -0.1) is 11.3 Å². The third kappa shape index (κ3) is 3.89. The van der Waals surface area contributed by atoms with Gasteiger partial charge >= 0.3 is 0 Å². The highest BCUT2D eigenvalue weighted by atomic mass is 79.9. The third-order valence-corrected chi connectivity index (χ3v) is 5.74. The maximum absolute atomic E-state index is 6.09. The van der Waals surface area contributed by atoms with Gasteiger partial charge in [0.05, 0.1) is 20.2 Å². The summed E-state index contributed by atoms with van der Waals surface area (Å²) >= 11 is 11.5. The van der Waals surface area contributed by atoms with Crippen LogP contribution in [0.25, 0.3) is 0 Å². The van der Waals surface area contributed by atoms with Crippen LogP contribution in [0.3, 0.4) is 0 Å². The van der Waals surface area contributed by atoms with Crippen molar-refractivity contribution in [3.05, 3.63) is 37.2 Å². The normalized spacial score (nSPS) is 12.8. The maximum atomic E-state index is 6.09. The van der Waals surface area contributed by atoms with Crippen molar-refractivity contribution < 1.29 is 0 Å². The Kier molecular flexibility index (Phi) is 6.29. The quantitative estimate of drug-likeness (QED) is 0.733. The van der Waals surface area contributed by atoms with Gasteiger partial charge < -0.3 is 5.32 Å². The fourth-order valence-electron chi connectivity index (χ4n) is 2.44. The van der Waals surface area contributed by atoms with Crippen molar-refractivity contribution in [2.24, 2.45) is 0 Å². The smallest absolute Gasteiger partial charge is 0.0931 e. The molecule has 2 aromatic heterocycles. The van der Waals surface area contributed by atoms with Crippen LogP contribution < -0.4 is 5.32 Å². The number of likely N-dealkylation sites (N-methyl/N-ethyl adjacent to an activating group) is 1. The van der Waals surface area contributed by atoms with Gasteiger partial charge in [-0.2, -0.15) is 5.10 Å². The minimum absolute atomic E-state index is 0.274. The standard InChI is InChI=1S/C15H21BrClN3S/c1-4-10-15(16)12(20(6-3)19-10)9-11(18-5-2)13-7-8-14(17)21-13/h7-8,11,18H,4-6,9H2,1-3H3. The Morgan fingerprint density at radius 1 is 1.38 bits per heavy atom. The molecular formula is C15H21BrClN3S. The number of nitrogens with one attached hydrogen (secondary N) is 1. The highest BCUT2D eigenvalue weighted by molar-refractivity contribution is 9.10. The third-order valence-electron chi connectivity index (χ3n) is 3.48. The van der Waals surface area contributed by atoms with E-state index in [0.717, 1.165) is 40.4 Å². The van der Waals surface area contributed by atoms with Gasteiger partial charge in [-0.05, 0) is 48.0 Å². The topological polar surface area (TPSA) is 29.9 Å². The molecule has 0 aliphatic carbocycles. The Morgan fingerprint density at radius 2 is 2.14 bits per heavy atom. The molecule has 2 aromatic rings. The highest BCUT2D eigenvalue weighted by Crippen LogP contribution is 2.32. The minimum Gasteiger partial charge on any atom is -0.309 e. The molecule has 116 valence electrons. The number of aryl methyl sites for hydroxylation is 2. The zero-order chi connectivity index (χ0) is 15.4. The predicted octanol–water partition coefficient (Wildman–Crippen LogP) is 4.84. The summed E-state index contributed by atoms with van der Waals surface area (Å²) in [7, 11) is 0. The largest absolute Gasteiger partial charge is 0.309 e. The second-order valence-electron chi connectivity index (χ2n) is 4.83. The number of hydrogen-bond acceptors (Lipinski definition) is 3. The first-order valence-corrected chi connectivity index (χ1v) is 9.32. The van der Waals surface area contributed by atoms with E-state index in [1.807, 2.05) is 6.07 Å². The van der Waals surface area contributed by atoms with Crippen molar-refractivity contribution in [3.8, 4) is 0 Å². The van der Waals surface area contributed by atoms with Crippen LogP contribution >= 0.6 is 38.9 Å². The number of halogens is 2. The molecule has 0 saturated heterocycles. The molecule has 0 spiro atoms. The first-order valence-electron chi connectivity index (χ1n) is 7.33. The molecule has 1 unspecified atom stereocenters. The van der Waals surface area contributed by atoms with Crippen LogP contribution in [0.15, 0.2) is 16.6 Å². The molecule has 0 amide bonds. The molecule has 0 aliphatic rings. The minimum atomic E-state index is 0.274. The van der Waals surface area contributed by atoms with Crippen LogP contribution in [-0.2, 0) is 19.4 Å². The second kappa shape index (κ2) is 7.77. The van der Waals surface area contributed by atoms with Gasteiger partial charge in [0.15, 0.2) is 0 Å². The Balaban J connectivity index is 2.30. The van der Waals surface area contributed by atoms with E-state index in [1.165, 1.54) is 10.6 Å². The molecule has 21 heavy (non-hydrogen) atoms. The van der Waals surface area contributed by atoms with Crippen LogP contribution in [0.5, 0.6) is 0 Å². The summed E-state index contributed by atoms with van der Waals surface area (Å²) in [5.41, 5.74) is 2.39.